The largest absolute Gasteiger partial charge is 0.296 e. The average Bonchev–Trinajstić information content (AvgIpc) is 2.96. The standard InChI is InChI=1S/C12H19ClN2S/c1-2-5-15(7-10-3-4-10)8-12-14-11(6-13)9-16-12/h9-10H,2-8H2,1H3. The summed E-state index contributed by atoms with van der Waals surface area (Å²) in [5.74, 6) is 1.49. The lowest BCUT2D eigenvalue weighted by Gasteiger charge is -2.19. The van der Waals surface area contributed by atoms with Gasteiger partial charge in [0.1, 0.15) is 5.01 Å². The number of aromatic nitrogens is 1. The molecule has 0 radical (unpaired) electrons. The minimum atomic E-state index is 0.535. The summed E-state index contributed by atoms with van der Waals surface area (Å²) >= 11 is 7.50. The van der Waals surface area contributed by atoms with E-state index in [0.29, 0.717) is 5.88 Å². The van der Waals surface area contributed by atoms with E-state index in [9.17, 15) is 0 Å². The molecular weight excluding hydrogens is 240 g/mol. The Hall–Kier alpha value is -0.120. The molecule has 0 unspecified atom stereocenters. The molecule has 0 aromatic carbocycles. The molecule has 0 amide bonds. The second-order valence-electron chi connectivity index (χ2n) is 4.54. The highest BCUT2D eigenvalue weighted by atomic mass is 35.5. The first-order chi connectivity index (χ1) is 7.81. The Kier molecular flexibility index (Phi) is 4.62. The van der Waals surface area contributed by atoms with Crippen molar-refractivity contribution in [2.45, 2.75) is 38.6 Å². The molecule has 1 aliphatic rings. The molecule has 1 aromatic rings. The predicted octanol–water partition coefficient (Wildman–Crippen LogP) is 3.50. The fourth-order valence-corrected chi connectivity index (χ4v) is 2.95. The number of rotatable bonds is 7. The van der Waals surface area contributed by atoms with E-state index in [0.717, 1.165) is 18.2 Å². The van der Waals surface area contributed by atoms with Gasteiger partial charge in [-0.3, -0.25) is 4.90 Å². The van der Waals surface area contributed by atoms with Crippen LogP contribution in [-0.2, 0) is 12.4 Å². The molecule has 90 valence electrons. The van der Waals surface area contributed by atoms with Gasteiger partial charge in [-0.15, -0.1) is 22.9 Å². The molecule has 1 heterocycles. The van der Waals surface area contributed by atoms with Crippen LogP contribution in [0.4, 0.5) is 0 Å². The molecule has 1 aliphatic carbocycles. The molecule has 0 saturated heterocycles. The lowest BCUT2D eigenvalue weighted by molar-refractivity contribution is 0.254. The molecule has 0 atom stereocenters. The SMILES string of the molecule is CCCN(Cc1nc(CCl)cs1)CC1CC1. The van der Waals surface area contributed by atoms with Crippen molar-refractivity contribution in [3.05, 3.63) is 16.1 Å². The summed E-state index contributed by atoms with van der Waals surface area (Å²) in [7, 11) is 0. The molecule has 16 heavy (non-hydrogen) atoms. The molecule has 0 bridgehead atoms. The minimum absolute atomic E-state index is 0.535. The monoisotopic (exact) mass is 258 g/mol. The lowest BCUT2D eigenvalue weighted by Crippen LogP contribution is -2.26. The Bertz CT molecular complexity index is 323. The Balaban J connectivity index is 1.87. The van der Waals surface area contributed by atoms with E-state index in [4.69, 9.17) is 11.6 Å². The summed E-state index contributed by atoms with van der Waals surface area (Å²) in [6, 6.07) is 0. The van der Waals surface area contributed by atoms with Gasteiger partial charge in [-0.25, -0.2) is 4.98 Å². The second kappa shape index (κ2) is 5.99. The third-order valence-electron chi connectivity index (χ3n) is 2.85. The molecule has 1 saturated carbocycles. The zero-order chi connectivity index (χ0) is 11.4. The van der Waals surface area contributed by atoms with E-state index < -0.39 is 0 Å². The molecular formula is C12H19ClN2S. The second-order valence-corrected chi connectivity index (χ2v) is 5.75. The van der Waals surface area contributed by atoms with Crippen LogP contribution in [0.2, 0.25) is 0 Å². The van der Waals surface area contributed by atoms with E-state index in [2.05, 4.69) is 22.2 Å². The number of hydrogen-bond acceptors (Lipinski definition) is 3. The van der Waals surface area contributed by atoms with Gasteiger partial charge < -0.3 is 0 Å². The van der Waals surface area contributed by atoms with E-state index in [1.807, 2.05) is 0 Å². The number of alkyl halides is 1. The molecule has 1 aromatic heterocycles. The molecule has 4 heteroatoms. The van der Waals surface area contributed by atoms with Crippen molar-refractivity contribution in [1.29, 1.82) is 0 Å². The van der Waals surface area contributed by atoms with Gasteiger partial charge in [0, 0.05) is 11.9 Å². The van der Waals surface area contributed by atoms with Crippen LogP contribution in [-0.4, -0.2) is 23.0 Å². The highest BCUT2D eigenvalue weighted by Gasteiger charge is 2.24. The fourth-order valence-electron chi connectivity index (χ4n) is 1.89. The van der Waals surface area contributed by atoms with Crippen LogP contribution < -0.4 is 0 Å². The Morgan fingerprint density at radius 2 is 2.38 bits per heavy atom. The van der Waals surface area contributed by atoms with Gasteiger partial charge in [0.25, 0.3) is 0 Å². The van der Waals surface area contributed by atoms with Crippen LogP contribution in [0.15, 0.2) is 5.38 Å². The normalized spacial score (nSPS) is 15.9. The molecule has 2 rings (SSSR count). The van der Waals surface area contributed by atoms with Crippen LogP contribution in [0.5, 0.6) is 0 Å². The first kappa shape index (κ1) is 12.3. The van der Waals surface area contributed by atoms with Gasteiger partial charge in [0.2, 0.25) is 0 Å². The maximum atomic E-state index is 5.76. The van der Waals surface area contributed by atoms with Crippen molar-refractivity contribution < 1.29 is 0 Å². The lowest BCUT2D eigenvalue weighted by atomic mass is 10.3. The Morgan fingerprint density at radius 1 is 1.56 bits per heavy atom. The summed E-state index contributed by atoms with van der Waals surface area (Å²) < 4.78 is 0. The average molecular weight is 259 g/mol. The first-order valence-corrected chi connectivity index (χ1v) is 7.44. The summed E-state index contributed by atoms with van der Waals surface area (Å²) in [6.07, 6.45) is 4.07. The molecule has 0 aliphatic heterocycles. The van der Waals surface area contributed by atoms with E-state index >= 15 is 0 Å². The van der Waals surface area contributed by atoms with E-state index in [-0.39, 0.29) is 0 Å². The highest BCUT2D eigenvalue weighted by Crippen LogP contribution is 2.30. The quantitative estimate of drug-likeness (QED) is 0.696. The van der Waals surface area contributed by atoms with Crippen LogP contribution in [0.1, 0.15) is 36.9 Å². The first-order valence-electron chi connectivity index (χ1n) is 6.03. The van der Waals surface area contributed by atoms with Gasteiger partial charge in [0.15, 0.2) is 0 Å². The summed E-state index contributed by atoms with van der Waals surface area (Å²) in [4.78, 5) is 7.06. The van der Waals surface area contributed by atoms with Gasteiger partial charge in [-0.2, -0.15) is 0 Å². The maximum absolute atomic E-state index is 5.76. The molecule has 0 N–H and O–H groups in total. The van der Waals surface area contributed by atoms with Crippen molar-refractivity contribution in [2.24, 2.45) is 5.92 Å². The van der Waals surface area contributed by atoms with E-state index in [1.54, 1.807) is 11.3 Å². The van der Waals surface area contributed by atoms with Crippen LogP contribution >= 0.6 is 22.9 Å². The van der Waals surface area contributed by atoms with Crippen LogP contribution in [0, 0.1) is 5.92 Å². The predicted molar refractivity (Wildman–Crippen MR) is 70.0 cm³/mol. The third-order valence-corrected chi connectivity index (χ3v) is 4.00. The number of hydrogen-bond donors (Lipinski definition) is 0. The van der Waals surface area contributed by atoms with Gasteiger partial charge in [-0.05, 0) is 31.7 Å². The van der Waals surface area contributed by atoms with Crippen LogP contribution in [0.25, 0.3) is 0 Å². The third kappa shape index (κ3) is 3.72. The fraction of sp³-hybridized carbons (Fsp3) is 0.750. The highest BCUT2D eigenvalue weighted by molar-refractivity contribution is 7.09. The molecule has 0 spiro atoms. The van der Waals surface area contributed by atoms with Crippen LogP contribution in [0.3, 0.4) is 0 Å². The number of thiazole rings is 1. The number of halogens is 1. The van der Waals surface area contributed by atoms with Crippen molar-refractivity contribution in [3.63, 3.8) is 0 Å². The number of nitrogens with zero attached hydrogens (tertiary/aromatic N) is 2. The van der Waals surface area contributed by atoms with E-state index in [1.165, 1.54) is 37.4 Å². The van der Waals surface area contributed by atoms with Crippen molar-refractivity contribution >= 4 is 22.9 Å². The molecule has 2 nitrogen and oxygen atoms in total. The zero-order valence-corrected chi connectivity index (χ0v) is 11.4. The Labute approximate surface area is 107 Å². The Morgan fingerprint density at radius 3 is 2.94 bits per heavy atom. The zero-order valence-electron chi connectivity index (χ0n) is 9.79. The maximum Gasteiger partial charge on any atom is 0.107 e. The van der Waals surface area contributed by atoms with Gasteiger partial charge in [-0.1, -0.05) is 6.92 Å². The summed E-state index contributed by atoms with van der Waals surface area (Å²) in [5, 5.41) is 3.29. The smallest absolute Gasteiger partial charge is 0.107 e. The molecule has 1 fully saturated rings. The van der Waals surface area contributed by atoms with Gasteiger partial charge >= 0.3 is 0 Å². The van der Waals surface area contributed by atoms with Crippen molar-refractivity contribution in [2.75, 3.05) is 13.1 Å². The minimum Gasteiger partial charge on any atom is -0.296 e. The van der Waals surface area contributed by atoms with Gasteiger partial charge in [0.05, 0.1) is 18.1 Å². The topological polar surface area (TPSA) is 16.1 Å². The summed E-state index contributed by atoms with van der Waals surface area (Å²) in [6.45, 7) is 5.69. The van der Waals surface area contributed by atoms with Crippen molar-refractivity contribution in [3.8, 4) is 0 Å². The van der Waals surface area contributed by atoms with Crippen molar-refractivity contribution in [1.82, 2.24) is 9.88 Å². The summed E-state index contributed by atoms with van der Waals surface area (Å²) in [5.41, 5.74) is 1.02.